The summed E-state index contributed by atoms with van der Waals surface area (Å²) in [6.45, 7) is 3.12. The van der Waals surface area contributed by atoms with Crippen LogP contribution in [-0.4, -0.2) is 26.0 Å². The average Bonchev–Trinajstić information content (AvgIpc) is 2.29. The first kappa shape index (κ1) is 16.3. The van der Waals surface area contributed by atoms with Gasteiger partial charge in [-0.05, 0) is 5.56 Å². The third kappa shape index (κ3) is 9.52. The molecule has 100 valence electrons. The quantitative estimate of drug-likeness (QED) is 0.386. The third-order valence-electron chi connectivity index (χ3n) is 1.52. The predicted molar refractivity (Wildman–Crippen MR) is 65.0 cm³/mol. The summed E-state index contributed by atoms with van der Waals surface area (Å²) in [6.07, 6.45) is 1.02. The number of benzene rings is 1. The van der Waals surface area contributed by atoms with Crippen LogP contribution in [0.2, 0.25) is 0 Å². The van der Waals surface area contributed by atoms with E-state index < -0.39 is 16.1 Å². The highest BCUT2D eigenvalue weighted by Crippen LogP contribution is 2.02. The lowest BCUT2D eigenvalue weighted by Gasteiger charge is -1.95. The largest absolute Gasteiger partial charge is 0.365 e. The number of hydrogen-bond acceptors (Lipinski definition) is 5. The zero-order valence-corrected chi connectivity index (χ0v) is 10.6. The summed E-state index contributed by atoms with van der Waals surface area (Å²) in [6, 6.07) is 8.52. The van der Waals surface area contributed by atoms with E-state index in [4.69, 9.17) is 4.55 Å². The van der Waals surface area contributed by atoms with Crippen molar-refractivity contribution >= 4 is 16.1 Å². The fourth-order valence-corrected chi connectivity index (χ4v) is 1.51. The Morgan fingerprint density at radius 2 is 1.94 bits per heavy atom. The molecule has 0 aliphatic heterocycles. The second-order valence-corrected chi connectivity index (χ2v) is 4.44. The lowest BCUT2D eigenvalue weighted by Crippen LogP contribution is -2.00. The molecule has 1 aromatic carbocycles. The van der Waals surface area contributed by atoms with Crippen LogP contribution in [0.1, 0.15) is 5.56 Å². The van der Waals surface area contributed by atoms with Crippen molar-refractivity contribution < 1.29 is 27.5 Å². The van der Waals surface area contributed by atoms with Crippen molar-refractivity contribution in [1.82, 2.24) is 0 Å². The molecule has 1 rings (SSSR count). The SMILES string of the molecule is C=CC(=O)OOC.O=S(=O)(O)Cc1ccccc1. The van der Waals surface area contributed by atoms with Crippen LogP contribution in [0.15, 0.2) is 43.0 Å². The first-order chi connectivity index (χ1) is 8.39. The topological polar surface area (TPSA) is 89.9 Å². The van der Waals surface area contributed by atoms with Gasteiger partial charge in [-0.25, -0.2) is 4.79 Å². The molecule has 7 heteroatoms. The van der Waals surface area contributed by atoms with Gasteiger partial charge in [-0.1, -0.05) is 36.9 Å². The van der Waals surface area contributed by atoms with Crippen LogP contribution in [0.25, 0.3) is 0 Å². The van der Waals surface area contributed by atoms with Crippen molar-refractivity contribution in [2.75, 3.05) is 7.11 Å². The van der Waals surface area contributed by atoms with Gasteiger partial charge in [0.2, 0.25) is 0 Å². The highest BCUT2D eigenvalue weighted by molar-refractivity contribution is 7.85. The molecular formula is C11H14O6S. The number of hydrogen-bond donors (Lipinski definition) is 1. The Morgan fingerprint density at radius 3 is 2.28 bits per heavy atom. The Kier molecular flexibility index (Phi) is 7.61. The third-order valence-corrected chi connectivity index (χ3v) is 2.22. The summed E-state index contributed by atoms with van der Waals surface area (Å²) in [5.74, 6) is -0.893. The minimum Gasteiger partial charge on any atom is -0.294 e. The number of carbonyl (C=O) groups excluding carboxylic acids is 1. The molecule has 0 saturated heterocycles. The van der Waals surface area contributed by atoms with Gasteiger partial charge in [-0.3, -0.25) is 9.44 Å². The van der Waals surface area contributed by atoms with E-state index in [0.717, 1.165) is 6.08 Å². The van der Waals surface area contributed by atoms with E-state index in [2.05, 4.69) is 16.4 Å². The molecule has 0 bridgehead atoms. The molecule has 0 aromatic heterocycles. The van der Waals surface area contributed by atoms with Gasteiger partial charge in [0.15, 0.2) is 0 Å². The molecule has 1 aromatic rings. The molecule has 0 saturated carbocycles. The van der Waals surface area contributed by atoms with Gasteiger partial charge >= 0.3 is 5.97 Å². The molecule has 0 heterocycles. The van der Waals surface area contributed by atoms with E-state index >= 15 is 0 Å². The lowest BCUT2D eigenvalue weighted by atomic mass is 10.2. The first-order valence-electron chi connectivity index (χ1n) is 4.75. The maximum absolute atomic E-state index is 10.4. The van der Waals surface area contributed by atoms with Crippen LogP contribution in [0, 0.1) is 0 Å². The summed E-state index contributed by atoms with van der Waals surface area (Å²) in [5.41, 5.74) is 0.593. The van der Waals surface area contributed by atoms with Gasteiger partial charge in [-0.15, -0.1) is 0 Å². The van der Waals surface area contributed by atoms with E-state index in [9.17, 15) is 13.2 Å². The van der Waals surface area contributed by atoms with Crippen molar-refractivity contribution in [2.45, 2.75) is 5.75 Å². The van der Waals surface area contributed by atoms with Gasteiger partial charge in [0, 0.05) is 6.08 Å². The van der Waals surface area contributed by atoms with Gasteiger partial charge in [0.1, 0.15) is 5.75 Å². The Morgan fingerprint density at radius 1 is 1.39 bits per heavy atom. The van der Waals surface area contributed by atoms with Gasteiger partial charge in [-0.2, -0.15) is 13.3 Å². The van der Waals surface area contributed by atoms with Gasteiger partial charge < -0.3 is 0 Å². The fraction of sp³-hybridized carbons (Fsp3) is 0.182. The van der Waals surface area contributed by atoms with Crippen molar-refractivity contribution in [1.29, 1.82) is 0 Å². The molecule has 0 radical (unpaired) electrons. The molecule has 1 N–H and O–H groups in total. The first-order valence-corrected chi connectivity index (χ1v) is 6.36. The van der Waals surface area contributed by atoms with Gasteiger partial charge in [0.25, 0.3) is 10.1 Å². The molecule has 0 amide bonds. The molecule has 0 aliphatic carbocycles. The zero-order chi connectivity index (χ0) is 14.0. The summed E-state index contributed by atoms with van der Waals surface area (Å²) in [5, 5.41) is 0. The predicted octanol–water partition coefficient (Wildman–Crippen LogP) is 1.35. The second-order valence-electron chi connectivity index (χ2n) is 2.99. The maximum atomic E-state index is 10.4. The molecule has 0 aliphatic rings. The molecule has 0 unspecified atom stereocenters. The highest BCUT2D eigenvalue weighted by Gasteiger charge is 2.04. The Balaban J connectivity index is 0.000000360. The summed E-state index contributed by atoms with van der Waals surface area (Å²) in [4.78, 5) is 17.9. The van der Waals surface area contributed by atoms with Crippen LogP contribution in [0.3, 0.4) is 0 Å². The highest BCUT2D eigenvalue weighted by atomic mass is 32.2. The van der Waals surface area contributed by atoms with Crippen molar-refractivity contribution in [2.24, 2.45) is 0 Å². The molecule has 0 fully saturated rings. The monoisotopic (exact) mass is 274 g/mol. The molecule has 6 nitrogen and oxygen atoms in total. The van der Waals surface area contributed by atoms with E-state index in [1.807, 2.05) is 0 Å². The van der Waals surface area contributed by atoms with Gasteiger partial charge in [0.05, 0.1) is 7.11 Å². The van der Waals surface area contributed by atoms with Crippen molar-refractivity contribution in [3.05, 3.63) is 48.6 Å². The molecule has 18 heavy (non-hydrogen) atoms. The van der Waals surface area contributed by atoms with Crippen LogP contribution in [0.4, 0.5) is 0 Å². The lowest BCUT2D eigenvalue weighted by molar-refractivity contribution is -0.249. The van der Waals surface area contributed by atoms with E-state index in [1.165, 1.54) is 7.11 Å². The Bertz CT molecular complexity index is 466. The maximum Gasteiger partial charge on any atom is 0.365 e. The van der Waals surface area contributed by atoms with E-state index in [-0.39, 0.29) is 5.75 Å². The molecule has 0 atom stereocenters. The number of carbonyl (C=O) groups is 1. The van der Waals surface area contributed by atoms with Crippen molar-refractivity contribution in [3.63, 3.8) is 0 Å². The minimum absolute atomic E-state index is 0.312. The zero-order valence-electron chi connectivity index (χ0n) is 9.78. The fourth-order valence-electron chi connectivity index (χ4n) is 0.901. The standard InChI is InChI=1S/C7H8O3S.C4H6O3/c8-11(9,10)6-7-4-2-1-3-5-7;1-3-4(5)7-6-2/h1-5H,6H2,(H,8,9,10);3H,1H2,2H3. The van der Waals surface area contributed by atoms with Crippen LogP contribution < -0.4 is 0 Å². The van der Waals surface area contributed by atoms with Crippen LogP contribution in [-0.2, 0) is 30.4 Å². The average molecular weight is 274 g/mol. The Labute approximate surface area is 106 Å². The number of rotatable bonds is 4. The smallest absolute Gasteiger partial charge is 0.294 e. The summed E-state index contributed by atoms with van der Waals surface area (Å²) >= 11 is 0. The van der Waals surface area contributed by atoms with E-state index in [0.29, 0.717) is 5.56 Å². The van der Waals surface area contributed by atoms with Crippen LogP contribution in [0.5, 0.6) is 0 Å². The van der Waals surface area contributed by atoms with Crippen molar-refractivity contribution in [3.8, 4) is 0 Å². The minimum atomic E-state index is -3.88. The second kappa shape index (κ2) is 8.40. The summed E-state index contributed by atoms with van der Waals surface area (Å²) < 4.78 is 29.2. The molecule has 0 spiro atoms. The molecular weight excluding hydrogens is 260 g/mol. The normalized spacial score (nSPS) is 9.89. The Hall–Kier alpha value is -1.70. The van der Waals surface area contributed by atoms with E-state index in [1.54, 1.807) is 30.3 Å². The summed E-state index contributed by atoms with van der Waals surface area (Å²) in [7, 11) is -2.63. The van der Waals surface area contributed by atoms with Crippen LogP contribution >= 0.6 is 0 Å².